The van der Waals surface area contributed by atoms with Crippen molar-refractivity contribution in [3.05, 3.63) is 25.3 Å². The SMILES string of the molecule is C=C.C=C(C)CC(C)(C)C. The fraction of sp³-hybridized carbons (Fsp3) is 0.600. The molecule has 0 aliphatic carbocycles. The van der Waals surface area contributed by atoms with Gasteiger partial charge in [0.05, 0.1) is 0 Å². The van der Waals surface area contributed by atoms with Crippen molar-refractivity contribution in [3.8, 4) is 0 Å². The summed E-state index contributed by atoms with van der Waals surface area (Å²) in [6.45, 7) is 18.6. The van der Waals surface area contributed by atoms with Crippen LogP contribution in [0.1, 0.15) is 34.1 Å². The summed E-state index contributed by atoms with van der Waals surface area (Å²) < 4.78 is 0. The van der Waals surface area contributed by atoms with Gasteiger partial charge in [-0.15, -0.1) is 19.7 Å². The lowest BCUT2D eigenvalue weighted by atomic mass is 9.89. The molecule has 0 rings (SSSR count). The van der Waals surface area contributed by atoms with Crippen molar-refractivity contribution in [3.63, 3.8) is 0 Å². The second kappa shape index (κ2) is 5.28. The van der Waals surface area contributed by atoms with Gasteiger partial charge in [-0.1, -0.05) is 26.3 Å². The number of rotatable bonds is 1. The van der Waals surface area contributed by atoms with Crippen LogP contribution in [0.15, 0.2) is 25.3 Å². The summed E-state index contributed by atoms with van der Waals surface area (Å²) in [6, 6.07) is 0. The van der Waals surface area contributed by atoms with Crippen LogP contribution in [-0.4, -0.2) is 0 Å². The van der Waals surface area contributed by atoms with Crippen molar-refractivity contribution in [1.29, 1.82) is 0 Å². The molecule has 0 aromatic rings. The first-order valence-corrected chi connectivity index (χ1v) is 3.56. The molecule has 0 amide bonds. The van der Waals surface area contributed by atoms with Gasteiger partial charge in [-0.25, -0.2) is 0 Å². The zero-order valence-electron chi connectivity index (χ0n) is 7.83. The minimum Gasteiger partial charge on any atom is -0.106 e. The third-order valence-electron chi connectivity index (χ3n) is 0.832. The minimum absolute atomic E-state index is 0.422. The first-order valence-electron chi connectivity index (χ1n) is 3.56. The molecule has 0 aromatic heterocycles. The third kappa shape index (κ3) is 15.6. The van der Waals surface area contributed by atoms with Crippen LogP contribution < -0.4 is 0 Å². The van der Waals surface area contributed by atoms with E-state index in [0.29, 0.717) is 5.41 Å². The molecule has 0 N–H and O–H groups in total. The van der Waals surface area contributed by atoms with Gasteiger partial charge in [-0.3, -0.25) is 0 Å². The zero-order valence-corrected chi connectivity index (χ0v) is 7.83. The first kappa shape index (κ1) is 12.2. The number of hydrogen-bond acceptors (Lipinski definition) is 0. The van der Waals surface area contributed by atoms with Crippen molar-refractivity contribution in [2.75, 3.05) is 0 Å². The quantitative estimate of drug-likeness (QED) is 0.486. The molecular formula is C10H20. The average Bonchev–Trinajstić information content (AvgIpc) is 1.64. The van der Waals surface area contributed by atoms with Crippen molar-refractivity contribution in [2.45, 2.75) is 34.1 Å². The number of hydrogen-bond donors (Lipinski definition) is 0. The lowest BCUT2D eigenvalue weighted by molar-refractivity contribution is 0.410. The molecule has 0 heterocycles. The van der Waals surface area contributed by atoms with Gasteiger partial charge in [-0.2, -0.15) is 0 Å². The normalized spacial score (nSPS) is 9.60. The summed E-state index contributed by atoms with van der Waals surface area (Å²) in [5.74, 6) is 0. The fourth-order valence-corrected chi connectivity index (χ4v) is 0.905. The Hall–Kier alpha value is -0.520. The lowest BCUT2D eigenvalue weighted by Crippen LogP contribution is -2.03. The molecule has 0 aromatic carbocycles. The van der Waals surface area contributed by atoms with E-state index in [1.165, 1.54) is 5.57 Å². The van der Waals surface area contributed by atoms with Gasteiger partial charge >= 0.3 is 0 Å². The fourth-order valence-electron chi connectivity index (χ4n) is 0.905. The highest BCUT2D eigenvalue weighted by Crippen LogP contribution is 2.21. The van der Waals surface area contributed by atoms with E-state index in [0.717, 1.165) is 6.42 Å². The van der Waals surface area contributed by atoms with E-state index in [4.69, 9.17) is 0 Å². The largest absolute Gasteiger partial charge is 0.106 e. The Labute approximate surface area is 65.7 Å². The summed E-state index contributed by atoms with van der Waals surface area (Å²) in [6.07, 6.45) is 1.13. The summed E-state index contributed by atoms with van der Waals surface area (Å²) in [7, 11) is 0. The maximum atomic E-state index is 3.84. The van der Waals surface area contributed by atoms with Gasteiger partial charge in [0.15, 0.2) is 0 Å². The third-order valence-corrected chi connectivity index (χ3v) is 0.832. The van der Waals surface area contributed by atoms with Gasteiger partial charge < -0.3 is 0 Å². The van der Waals surface area contributed by atoms with Gasteiger partial charge in [0.2, 0.25) is 0 Å². The monoisotopic (exact) mass is 140 g/mol. The summed E-state index contributed by atoms with van der Waals surface area (Å²) in [5, 5.41) is 0. The van der Waals surface area contributed by atoms with E-state index in [2.05, 4.69) is 47.4 Å². The van der Waals surface area contributed by atoms with Crippen LogP contribution in [0.5, 0.6) is 0 Å². The Balaban J connectivity index is 0. The zero-order chi connectivity index (χ0) is 8.78. The van der Waals surface area contributed by atoms with Crippen LogP contribution in [0.25, 0.3) is 0 Å². The van der Waals surface area contributed by atoms with Crippen LogP contribution >= 0.6 is 0 Å². The molecular weight excluding hydrogens is 120 g/mol. The van der Waals surface area contributed by atoms with Crippen LogP contribution in [-0.2, 0) is 0 Å². The maximum Gasteiger partial charge on any atom is -0.0277 e. The summed E-state index contributed by atoms with van der Waals surface area (Å²) in [4.78, 5) is 0. The average molecular weight is 140 g/mol. The van der Waals surface area contributed by atoms with E-state index in [9.17, 15) is 0 Å². The predicted octanol–water partition coefficient (Wildman–Crippen LogP) is 3.80. The van der Waals surface area contributed by atoms with E-state index >= 15 is 0 Å². The van der Waals surface area contributed by atoms with E-state index in [-0.39, 0.29) is 0 Å². The molecule has 0 atom stereocenters. The molecule has 0 unspecified atom stereocenters. The highest BCUT2D eigenvalue weighted by molar-refractivity contribution is 4.91. The molecule has 0 aliphatic heterocycles. The maximum absolute atomic E-state index is 3.84. The molecule has 10 heavy (non-hydrogen) atoms. The Kier molecular flexibility index (Phi) is 6.43. The molecule has 0 fully saturated rings. The van der Waals surface area contributed by atoms with Gasteiger partial charge in [0, 0.05) is 0 Å². The van der Waals surface area contributed by atoms with Crippen molar-refractivity contribution in [1.82, 2.24) is 0 Å². The summed E-state index contributed by atoms with van der Waals surface area (Å²) >= 11 is 0. The van der Waals surface area contributed by atoms with E-state index in [1.54, 1.807) is 0 Å². The molecule has 0 aliphatic rings. The standard InChI is InChI=1S/C8H16.C2H4/c1-7(2)6-8(3,4)5;1-2/h1,6H2,2-5H3;1-2H2. The predicted molar refractivity (Wildman–Crippen MR) is 50.1 cm³/mol. The minimum atomic E-state index is 0.422. The highest BCUT2D eigenvalue weighted by Gasteiger charge is 2.08. The van der Waals surface area contributed by atoms with Crippen LogP contribution in [0.3, 0.4) is 0 Å². The molecule has 0 bridgehead atoms. The molecule has 0 heteroatoms. The second-order valence-corrected chi connectivity index (χ2v) is 3.69. The molecule has 0 nitrogen and oxygen atoms in total. The van der Waals surface area contributed by atoms with Crippen LogP contribution in [0.2, 0.25) is 0 Å². The van der Waals surface area contributed by atoms with Crippen molar-refractivity contribution < 1.29 is 0 Å². The number of allylic oxidation sites excluding steroid dienone is 1. The van der Waals surface area contributed by atoms with Crippen LogP contribution in [0.4, 0.5) is 0 Å². The molecule has 0 saturated heterocycles. The summed E-state index contributed by atoms with van der Waals surface area (Å²) in [5.41, 5.74) is 1.70. The molecule has 60 valence electrons. The van der Waals surface area contributed by atoms with Gasteiger partial charge in [-0.05, 0) is 18.8 Å². The Morgan fingerprint density at radius 3 is 1.50 bits per heavy atom. The smallest absolute Gasteiger partial charge is 0.0277 e. The Morgan fingerprint density at radius 2 is 1.50 bits per heavy atom. The van der Waals surface area contributed by atoms with Crippen molar-refractivity contribution in [2.24, 2.45) is 5.41 Å². The first-order chi connectivity index (χ1) is 4.42. The molecule has 0 spiro atoms. The highest BCUT2D eigenvalue weighted by atomic mass is 14.1. The van der Waals surface area contributed by atoms with E-state index in [1.807, 2.05) is 0 Å². The second-order valence-electron chi connectivity index (χ2n) is 3.69. The van der Waals surface area contributed by atoms with Crippen LogP contribution in [0, 0.1) is 5.41 Å². The Morgan fingerprint density at radius 1 is 1.20 bits per heavy atom. The topological polar surface area (TPSA) is 0 Å². The van der Waals surface area contributed by atoms with Gasteiger partial charge in [0.1, 0.15) is 0 Å². The van der Waals surface area contributed by atoms with E-state index < -0.39 is 0 Å². The lowest BCUT2D eigenvalue weighted by Gasteiger charge is -2.17. The molecule has 0 radical (unpaired) electrons. The van der Waals surface area contributed by atoms with Crippen molar-refractivity contribution >= 4 is 0 Å². The molecule has 0 saturated carbocycles. The Bertz CT molecular complexity index is 93.1. The van der Waals surface area contributed by atoms with Gasteiger partial charge in [0.25, 0.3) is 0 Å².